The molecular formula is C23H29FN2O4S. The Bertz CT molecular complexity index is 1030. The molecule has 2 N–H and O–H groups in total. The number of amides is 2. The molecule has 2 rings (SSSR count). The fourth-order valence-corrected chi connectivity index (χ4v) is 4.60. The van der Waals surface area contributed by atoms with E-state index in [1.54, 1.807) is 0 Å². The number of benzene rings is 2. The zero-order chi connectivity index (χ0) is 23.2. The van der Waals surface area contributed by atoms with E-state index in [0.717, 1.165) is 22.4 Å². The lowest BCUT2D eigenvalue weighted by molar-refractivity contribution is -0.120. The van der Waals surface area contributed by atoms with Gasteiger partial charge in [-0.15, -0.1) is 0 Å². The predicted octanol–water partition coefficient (Wildman–Crippen LogP) is 3.59. The van der Waals surface area contributed by atoms with E-state index in [0.29, 0.717) is 5.56 Å². The summed E-state index contributed by atoms with van der Waals surface area (Å²) in [4.78, 5) is 24.5. The van der Waals surface area contributed by atoms with Gasteiger partial charge in [-0.3, -0.25) is 9.59 Å². The maximum atomic E-state index is 12.9. The van der Waals surface area contributed by atoms with Gasteiger partial charge in [0, 0.05) is 18.7 Å². The molecule has 0 aliphatic heterocycles. The maximum Gasteiger partial charge on any atom is 0.238 e. The number of aryl methyl sites for hydroxylation is 3. The molecule has 2 aromatic rings. The van der Waals surface area contributed by atoms with E-state index >= 15 is 0 Å². The molecule has 0 bridgehead atoms. The lowest BCUT2D eigenvalue weighted by atomic mass is 10.0. The van der Waals surface area contributed by atoms with Crippen molar-refractivity contribution < 1.29 is 22.4 Å². The van der Waals surface area contributed by atoms with Crippen LogP contribution in [0, 0.1) is 26.6 Å². The second kappa shape index (κ2) is 10.5. The number of nitrogens with one attached hydrogen (secondary N) is 2. The van der Waals surface area contributed by atoms with Crippen LogP contribution in [0.15, 0.2) is 36.4 Å². The number of carbonyl (C=O) groups excluding carboxylic acids is 2. The molecule has 0 aromatic heterocycles. The number of sulfone groups is 1. The van der Waals surface area contributed by atoms with Crippen molar-refractivity contribution in [2.45, 2.75) is 52.3 Å². The van der Waals surface area contributed by atoms with Gasteiger partial charge in [-0.2, -0.15) is 0 Å². The molecule has 1 atom stereocenters. The maximum absolute atomic E-state index is 12.9. The van der Waals surface area contributed by atoms with E-state index in [-0.39, 0.29) is 36.9 Å². The first-order valence-corrected chi connectivity index (χ1v) is 11.8. The Morgan fingerprint density at radius 1 is 1.03 bits per heavy atom. The summed E-state index contributed by atoms with van der Waals surface area (Å²) in [7, 11) is -3.71. The normalized spacial score (nSPS) is 12.3. The number of halogens is 1. The number of rotatable bonds is 9. The van der Waals surface area contributed by atoms with Crippen molar-refractivity contribution in [3.8, 4) is 0 Å². The van der Waals surface area contributed by atoms with Gasteiger partial charge in [0.05, 0.1) is 5.75 Å². The Balaban J connectivity index is 1.84. The fourth-order valence-electron chi connectivity index (χ4n) is 3.29. The minimum Gasteiger partial charge on any atom is -0.351 e. The van der Waals surface area contributed by atoms with Crippen LogP contribution in [0.2, 0.25) is 0 Å². The Kier molecular flexibility index (Phi) is 8.33. The minimum atomic E-state index is -3.71. The SMILES string of the molecule is Cc1cc(C)c(NC(=O)CCCS(=O)(=O)C(C)C(=O)NCc2ccc(F)cc2)c(C)c1. The van der Waals surface area contributed by atoms with Gasteiger partial charge in [-0.1, -0.05) is 29.8 Å². The Morgan fingerprint density at radius 2 is 1.61 bits per heavy atom. The molecule has 0 saturated carbocycles. The summed E-state index contributed by atoms with van der Waals surface area (Å²) in [5, 5.41) is 4.16. The van der Waals surface area contributed by atoms with Crippen molar-refractivity contribution in [2.75, 3.05) is 11.1 Å². The first kappa shape index (κ1) is 24.5. The zero-order valence-corrected chi connectivity index (χ0v) is 19.1. The smallest absolute Gasteiger partial charge is 0.238 e. The molecule has 1 unspecified atom stereocenters. The molecule has 8 heteroatoms. The van der Waals surface area contributed by atoms with Gasteiger partial charge in [-0.05, 0) is 62.9 Å². The van der Waals surface area contributed by atoms with Crippen LogP contribution in [-0.4, -0.2) is 31.2 Å². The second-order valence-corrected chi connectivity index (χ2v) is 10.2. The highest BCUT2D eigenvalue weighted by Gasteiger charge is 2.27. The third kappa shape index (κ3) is 7.17. The Labute approximate surface area is 183 Å². The molecule has 0 aliphatic rings. The van der Waals surface area contributed by atoms with Crippen LogP contribution in [0.5, 0.6) is 0 Å². The summed E-state index contributed by atoms with van der Waals surface area (Å²) < 4.78 is 37.9. The summed E-state index contributed by atoms with van der Waals surface area (Å²) in [6.07, 6.45) is 0.156. The molecule has 0 radical (unpaired) electrons. The second-order valence-electron chi connectivity index (χ2n) is 7.78. The molecular weight excluding hydrogens is 419 g/mol. The average molecular weight is 449 g/mol. The number of hydrogen-bond donors (Lipinski definition) is 2. The highest BCUT2D eigenvalue weighted by Crippen LogP contribution is 2.22. The highest BCUT2D eigenvalue weighted by atomic mass is 32.2. The summed E-state index contributed by atoms with van der Waals surface area (Å²) in [5.74, 6) is -1.54. The zero-order valence-electron chi connectivity index (χ0n) is 18.3. The lowest BCUT2D eigenvalue weighted by Crippen LogP contribution is -2.38. The minimum absolute atomic E-state index is 0.0376. The molecule has 6 nitrogen and oxygen atoms in total. The molecule has 0 aliphatic carbocycles. The van der Waals surface area contributed by atoms with Crippen LogP contribution in [0.1, 0.15) is 42.0 Å². The van der Waals surface area contributed by atoms with Crippen molar-refractivity contribution in [3.63, 3.8) is 0 Å². The summed E-state index contributed by atoms with van der Waals surface area (Å²) in [6.45, 7) is 7.23. The van der Waals surface area contributed by atoms with E-state index < -0.39 is 21.0 Å². The number of anilines is 1. The van der Waals surface area contributed by atoms with E-state index in [9.17, 15) is 22.4 Å². The Morgan fingerprint density at radius 3 is 2.19 bits per heavy atom. The molecule has 0 saturated heterocycles. The van der Waals surface area contributed by atoms with Crippen molar-refractivity contribution in [3.05, 3.63) is 64.5 Å². The molecule has 0 heterocycles. The first-order chi connectivity index (χ1) is 14.5. The fraction of sp³-hybridized carbons (Fsp3) is 0.391. The van der Waals surface area contributed by atoms with E-state index in [1.165, 1.54) is 31.2 Å². The Hall–Kier alpha value is -2.74. The van der Waals surface area contributed by atoms with Gasteiger partial charge in [0.1, 0.15) is 11.1 Å². The van der Waals surface area contributed by atoms with Crippen LogP contribution in [0.25, 0.3) is 0 Å². The summed E-state index contributed by atoms with van der Waals surface area (Å²) >= 11 is 0. The van der Waals surface area contributed by atoms with Gasteiger partial charge in [0.25, 0.3) is 0 Å². The van der Waals surface area contributed by atoms with Crippen LogP contribution >= 0.6 is 0 Å². The van der Waals surface area contributed by atoms with E-state index in [1.807, 2.05) is 32.9 Å². The van der Waals surface area contributed by atoms with Crippen molar-refractivity contribution >= 4 is 27.3 Å². The van der Waals surface area contributed by atoms with Gasteiger partial charge in [0.15, 0.2) is 9.84 Å². The lowest BCUT2D eigenvalue weighted by Gasteiger charge is -2.14. The topological polar surface area (TPSA) is 92.3 Å². The molecule has 168 valence electrons. The number of carbonyl (C=O) groups is 2. The summed E-state index contributed by atoms with van der Waals surface area (Å²) in [5.41, 5.74) is 4.41. The van der Waals surface area contributed by atoms with E-state index in [2.05, 4.69) is 10.6 Å². The quantitative estimate of drug-likeness (QED) is 0.613. The van der Waals surface area contributed by atoms with Crippen LogP contribution in [-0.2, 0) is 26.0 Å². The van der Waals surface area contributed by atoms with Crippen molar-refractivity contribution in [1.82, 2.24) is 5.32 Å². The monoisotopic (exact) mass is 448 g/mol. The third-order valence-electron chi connectivity index (χ3n) is 5.06. The standard InChI is InChI=1S/C23H29FN2O4S/c1-15-12-16(2)22(17(3)13-15)26-21(27)6-5-11-31(29,30)18(4)23(28)25-14-19-7-9-20(24)10-8-19/h7-10,12-13,18H,5-6,11,14H2,1-4H3,(H,25,28)(H,26,27). The average Bonchev–Trinajstić information content (AvgIpc) is 2.69. The van der Waals surface area contributed by atoms with Crippen molar-refractivity contribution in [2.24, 2.45) is 0 Å². The summed E-state index contributed by atoms with van der Waals surface area (Å²) in [6, 6.07) is 9.52. The molecule has 31 heavy (non-hydrogen) atoms. The third-order valence-corrected chi connectivity index (χ3v) is 7.21. The van der Waals surface area contributed by atoms with E-state index in [4.69, 9.17) is 0 Å². The molecule has 0 spiro atoms. The molecule has 0 fully saturated rings. The molecule has 2 aromatic carbocycles. The highest BCUT2D eigenvalue weighted by molar-refractivity contribution is 7.92. The van der Waals surface area contributed by atoms with Gasteiger partial charge < -0.3 is 10.6 Å². The van der Waals surface area contributed by atoms with Gasteiger partial charge >= 0.3 is 0 Å². The first-order valence-electron chi connectivity index (χ1n) is 10.1. The van der Waals surface area contributed by atoms with Crippen LogP contribution in [0.3, 0.4) is 0 Å². The van der Waals surface area contributed by atoms with Crippen molar-refractivity contribution in [1.29, 1.82) is 0 Å². The number of hydrogen-bond acceptors (Lipinski definition) is 4. The largest absolute Gasteiger partial charge is 0.351 e. The van der Waals surface area contributed by atoms with Gasteiger partial charge in [0.2, 0.25) is 11.8 Å². The predicted molar refractivity (Wildman–Crippen MR) is 120 cm³/mol. The van der Waals surface area contributed by atoms with Crippen LogP contribution < -0.4 is 10.6 Å². The van der Waals surface area contributed by atoms with Crippen LogP contribution in [0.4, 0.5) is 10.1 Å². The molecule has 2 amide bonds. The van der Waals surface area contributed by atoms with Gasteiger partial charge in [-0.25, -0.2) is 12.8 Å².